The van der Waals surface area contributed by atoms with Crippen LogP contribution < -0.4 is 5.32 Å². The highest BCUT2D eigenvalue weighted by atomic mass is 32.2. The van der Waals surface area contributed by atoms with Crippen LogP contribution in [0.25, 0.3) is 0 Å². The molecule has 23 heavy (non-hydrogen) atoms. The molecule has 1 saturated heterocycles. The second kappa shape index (κ2) is 7.93. The monoisotopic (exact) mass is 338 g/mol. The molecule has 1 aliphatic heterocycles. The van der Waals surface area contributed by atoms with Crippen LogP contribution in [-0.4, -0.2) is 44.3 Å². The lowest BCUT2D eigenvalue weighted by Crippen LogP contribution is -2.25. The van der Waals surface area contributed by atoms with E-state index in [1.807, 2.05) is 12.1 Å². The fourth-order valence-corrected chi connectivity index (χ4v) is 4.69. The predicted octanol–water partition coefficient (Wildman–Crippen LogP) is 1.58. The van der Waals surface area contributed by atoms with Crippen molar-refractivity contribution >= 4 is 15.7 Å². The molecule has 1 heterocycles. The maximum atomic E-state index is 12.0. The number of benzene rings is 1. The Balaban J connectivity index is 1.81. The largest absolute Gasteiger partial charge is 0.352 e. The first-order valence-electron chi connectivity index (χ1n) is 8.11. The highest BCUT2D eigenvalue weighted by Gasteiger charge is 2.29. The van der Waals surface area contributed by atoms with Gasteiger partial charge in [-0.2, -0.15) is 0 Å². The van der Waals surface area contributed by atoms with Crippen molar-refractivity contribution in [2.75, 3.05) is 25.1 Å². The molecule has 1 aliphatic rings. The molecule has 128 valence electrons. The molecule has 0 radical (unpaired) electrons. The van der Waals surface area contributed by atoms with Gasteiger partial charge in [0.05, 0.1) is 11.5 Å². The van der Waals surface area contributed by atoms with Gasteiger partial charge in [-0.15, -0.1) is 0 Å². The van der Waals surface area contributed by atoms with Crippen molar-refractivity contribution in [3.63, 3.8) is 0 Å². The number of carbonyl (C=O) groups is 1. The molecular formula is C17H26N2O3S. The Kier molecular flexibility index (Phi) is 6.18. The standard InChI is InChI=1S/C17H26N2O3S/c1-3-19(2)12-15-6-4-5-14(9-15)11-18-17(20)10-16-7-8-23(21,22)13-16/h4-6,9,16H,3,7-8,10-13H2,1-2H3,(H,18,20)/t16-/m1/s1. The maximum Gasteiger partial charge on any atom is 0.220 e. The normalized spacial score (nSPS) is 19.9. The van der Waals surface area contributed by atoms with E-state index in [0.717, 1.165) is 18.7 Å². The molecule has 0 saturated carbocycles. The Morgan fingerprint density at radius 2 is 2.09 bits per heavy atom. The predicted molar refractivity (Wildman–Crippen MR) is 91.7 cm³/mol. The number of carbonyl (C=O) groups excluding carboxylic acids is 1. The van der Waals surface area contributed by atoms with E-state index < -0.39 is 9.84 Å². The van der Waals surface area contributed by atoms with Crippen molar-refractivity contribution in [2.45, 2.75) is 32.9 Å². The zero-order chi connectivity index (χ0) is 16.9. The van der Waals surface area contributed by atoms with Crippen LogP contribution in [0, 0.1) is 5.92 Å². The second-order valence-corrected chi connectivity index (χ2v) is 8.63. The Hall–Kier alpha value is -1.40. The second-order valence-electron chi connectivity index (χ2n) is 6.40. The quantitative estimate of drug-likeness (QED) is 0.820. The molecule has 1 fully saturated rings. The summed E-state index contributed by atoms with van der Waals surface area (Å²) in [4.78, 5) is 14.2. The first-order chi connectivity index (χ1) is 10.9. The minimum atomic E-state index is -2.91. The molecule has 1 amide bonds. The lowest BCUT2D eigenvalue weighted by atomic mass is 10.0. The minimum absolute atomic E-state index is 0.0236. The summed E-state index contributed by atoms with van der Waals surface area (Å²) in [7, 11) is -0.839. The van der Waals surface area contributed by atoms with Gasteiger partial charge in [0.25, 0.3) is 0 Å². The van der Waals surface area contributed by atoms with E-state index in [-0.39, 0.29) is 23.3 Å². The fraction of sp³-hybridized carbons (Fsp3) is 0.588. The van der Waals surface area contributed by atoms with Crippen LogP contribution in [0.5, 0.6) is 0 Å². The number of amides is 1. The molecule has 0 aromatic heterocycles. The van der Waals surface area contributed by atoms with E-state index in [0.29, 0.717) is 19.4 Å². The fourth-order valence-electron chi connectivity index (χ4n) is 2.83. The van der Waals surface area contributed by atoms with Gasteiger partial charge in [-0.25, -0.2) is 8.42 Å². The van der Waals surface area contributed by atoms with E-state index in [4.69, 9.17) is 0 Å². The smallest absolute Gasteiger partial charge is 0.220 e. The van der Waals surface area contributed by atoms with Crippen LogP contribution in [0.1, 0.15) is 30.9 Å². The van der Waals surface area contributed by atoms with Gasteiger partial charge in [0.15, 0.2) is 9.84 Å². The Bertz CT molecular complexity index is 643. The minimum Gasteiger partial charge on any atom is -0.352 e. The Morgan fingerprint density at radius 3 is 2.74 bits per heavy atom. The van der Waals surface area contributed by atoms with Crippen molar-refractivity contribution in [1.82, 2.24) is 10.2 Å². The third-order valence-electron chi connectivity index (χ3n) is 4.27. The summed E-state index contributed by atoms with van der Waals surface area (Å²) < 4.78 is 22.8. The molecule has 5 nitrogen and oxygen atoms in total. The summed E-state index contributed by atoms with van der Waals surface area (Å²) in [6, 6.07) is 8.19. The summed E-state index contributed by atoms with van der Waals surface area (Å²) in [5.41, 5.74) is 2.29. The Labute approximate surface area is 139 Å². The average Bonchev–Trinajstić information content (AvgIpc) is 2.84. The molecule has 0 unspecified atom stereocenters. The molecule has 1 aromatic carbocycles. The Morgan fingerprint density at radius 1 is 1.35 bits per heavy atom. The molecule has 0 bridgehead atoms. The van der Waals surface area contributed by atoms with Crippen molar-refractivity contribution < 1.29 is 13.2 Å². The first kappa shape index (κ1) is 17.9. The third-order valence-corrected chi connectivity index (χ3v) is 6.11. The molecule has 1 atom stereocenters. The summed E-state index contributed by atoms with van der Waals surface area (Å²) in [6.07, 6.45) is 0.909. The van der Waals surface area contributed by atoms with Crippen LogP contribution in [0.3, 0.4) is 0 Å². The van der Waals surface area contributed by atoms with Crippen molar-refractivity contribution in [3.8, 4) is 0 Å². The zero-order valence-electron chi connectivity index (χ0n) is 13.9. The maximum absolute atomic E-state index is 12.0. The van der Waals surface area contributed by atoms with Crippen LogP contribution in [0.4, 0.5) is 0 Å². The van der Waals surface area contributed by atoms with E-state index in [1.165, 1.54) is 5.56 Å². The summed E-state index contributed by atoms with van der Waals surface area (Å²) in [6.45, 7) is 4.48. The SMILES string of the molecule is CCN(C)Cc1cccc(CNC(=O)C[C@H]2CCS(=O)(=O)C2)c1. The van der Waals surface area contributed by atoms with Crippen molar-refractivity contribution in [1.29, 1.82) is 0 Å². The van der Waals surface area contributed by atoms with Gasteiger partial charge in [0.1, 0.15) is 0 Å². The third kappa shape index (κ3) is 5.95. The van der Waals surface area contributed by atoms with Crippen LogP contribution in [-0.2, 0) is 27.7 Å². The molecule has 0 aliphatic carbocycles. The molecule has 0 spiro atoms. The van der Waals surface area contributed by atoms with E-state index in [9.17, 15) is 13.2 Å². The number of hydrogen-bond donors (Lipinski definition) is 1. The highest BCUT2D eigenvalue weighted by Crippen LogP contribution is 2.21. The zero-order valence-corrected chi connectivity index (χ0v) is 14.7. The number of hydrogen-bond acceptors (Lipinski definition) is 4. The molecule has 1 N–H and O–H groups in total. The molecule has 2 rings (SSSR count). The molecule has 1 aromatic rings. The highest BCUT2D eigenvalue weighted by molar-refractivity contribution is 7.91. The lowest BCUT2D eigenvalue weighted by Gasteiger charge is -2.15. The molecular weight excluding hydrogens is 312 g/mol. The first-order valence-corrected chi connectivity index (χ1v) is 9.93. The van der Waals surface area contributed by atoms with E-state index in [1.54, 1.807) is 0 Å². The van der Waals surface area contributed by atoms with Gasteiger partial charge in [0.2, 0.25) is 5.91 Å². The lowest BCUT2D eigenvalue weighted by molar-refractivity contribution is -0.122. The van der Waals surface area contributed by atoms with Gasteiger partial charge >= 0.3 is 0 Å². The van der Waals surface area contributed by atoms with Crippen LogP contribution in [0.15, 0.2) is 24.3 Å². The molecule has 6 heteroatoms. The van der Waals surface area contributed by atoms with Crippen molar-refractivity contribution in [3.05, 3.63) is 35.4 Å². The van der Waals surface area contributed by atoms with Gasteiger partial charge in [-0.3, -0.25) is 4.79 Å². The van der Waals surface area contributed by atoms with E-state index >= 15 is 0 Å². The van der Waals surface area contributed by atoms with Crippen LogP contribution >= 0.6 is 0 Å². The average molecular weight is 338 g/mol. The van der Waals surface area contributed by atoms with Gasteiger partial charge in [0, 0.05) is 19.5 Å². The summed E-state index contributed by atoms with van der Waals surface area (Å²) >= 11 is 0. The summed E-state index contributed by atoms with van der Waals surface area (Å²) in [5, 5.41) is 2.90. The number of nitrogens with one attached hydrogen (secondary N) is 1. The van der Waals surface area contributed by atoms with Gasteiger partial charge in [-0.05, 0) is 37.1 Å². The topological polar surface area (TPSA) is 66.5 Å². The van der Waals surface area contributed by atoms with Gasteiger partial charge < -0.3 is 10.2 Å². The van der Waals surface area contributed by atoms with Crippen LogP contribution in [0.2, 0.25) is 0 Å². The van der Waals surface area contributed by atoms with E-state index in [2.05, 4.69) is 36.3 Å². The summed E-state index contributed by atoms with van der Waals surface area (Å²) in [5.74, 6) is 0.282. The number of rotatable bonds is 7. The number of nitrogens with zero attached hydrogens (tertiary/aromatic N) is 1. The van der Waals surface area contributed by atoms with Gasteiger partial charge in [-0.1, -0.05) is 31.2 Å². The number of sulfone groups is 1. The van der Waals surface area contributed by atoms with Crippen molar-refractivity contribution in [2.24, 2.45) is 5.92 Å².